The Kier molecular flexibility index (Phi) is 5.79. The first-order chi connectivity index (χ1) is 13.6. The van der Waals surface area contributed by atoms with Crippen LogP contribution in [-0.4, -0.2) is 29.2 Å². The molecule has 6 nitrogen and oxygen atoms in total. The van der Waals surface area contributed by atoms with Gasteiger partial charge in [0.15, 0.2) is 0 Å². The zero-order valence-corrected chi connectivity index (χ0v) is 15.6. The van der Waals surface area contributed by atoms with Crippen LogP contribution in [0.5, 0.6) is 11.5 Å². The van der Waals surface area contributed by atoms with Crippen LogP contribution in [-0.2, 0) is 13.0 Å². The number of ether oxygens (including phenoxy) is 1. The summed E-state index contributed by atoms with van der Waals surface area (Å²) in [6.07, 6.45) is 2.15. The van der Waals surface area contributed by atoms with E-state index in [0.29, 0.717) is 23.9 Å². The van der Waals surface area contributed by atoms with E-state index >= 15 is 0 Å². The van der Waals surface area contributed by atoms with Crippen LogP contribution in [0.15, 0.2) is 66.0 Å². The average molecular weight is 378 g/mol. The van der Waals surface area contributed by atoms with Crippen LogP contribution in [0.1, 0.15) is 15.9 Å². The number of fused-ring (bicyclic) bond motifs is 1. The Hall–Kier alpha value is -3.54. The van der Waals surface area contributed by atoms with Crippen molar-refractivity contribution in [1.82, 2.24) is 9.88 Å². The first-order valence-electron chi connectivity index (χ1n) is 8.93. The van der Waals surface area contributed by atoms with Crippen molar-refractivity contribution in [3.63, 3.8) is 0 Å². The molecule has 0 radical (unpaired) electrons. The summed E-state index contributed by atoms with van der Waals surface area (Å²) in [5.41, 5.74) is 0.741. The first-order valence-corrected chi connectivity index (χ1v) is 8.93. The maximum absolute atomic E-state index is 12.8. The molecule has 0 saturated carbocycles. The maximum Gasteiger partial charge on any atom is 0.268 e. The number of rotatable bonds is 7. The molecule has 1 heterocycles. The Morgan fingerprint density at radius 2 is 2.04 bits per heavy atom. The smallest absolute Gasteiger partial charge is 0.268 e. The lowest BCUT2D eigenvalue weighted by Gasteiger charge is -2.14. The summed E-state index contributed by atoms with van der Waals surface area (Å²) >= 11 is 0. The van der Waals surface area contributed by atoms with E-state index in [2.05, 4.69) is 11.9 Å². The van der Waals surface area contributed by atoms with Crippen LogP contribution in [0.25, 0.3) is 10.9 Å². The van der Waals surface area contributed by atoms with Gasteiger partial charge in [0.2, 0.25) is 0 Å². The molecule has 144 valence electrons. The normalized spacial score (nSPS) is 10.6. The number of aromatic hydroxyl groups is 1. The maximum atomic E-state index is 12.8. The fraction of sp³-hybridized carbons (Fsp3) is 0.182. The molecule has 6 heteroatoms. The van der Waals surface area contributed by atoms with Gasteiger partial charge in [0.05, 0.1) is 12.6 Å². The lowest BCUT2D eigenvalue weighted by atomic mass is 10.1. The lowest BCUT2D eigenvalue weighted by molar-refractivity contribution is 0.0949. The van der Waals surface area contributed by atoms with E-state index in [1.165, 1.54) is 4.57 Å². The monoisotopic (exact) mass is 378 g/mol. The molecule has 3 aromatic rings. The van der Waals surface area contributed by atoms with E-state index < -0.39 is 11.5 Å². The van der Waals surface area contributed by atoms with Crippen LogP contribution >= 0.6 is 0 Å². The molecule has 0 fully saturated rings. The number of methoxy groups -OCH3 is 1. The molecule has 0 aliphatic heterocycles. The number of nitrogens with one attached hydrogen (secondary N) is 1. The van der Waals surface area contributed by atoms with Gasteiger partial charge in [-0.2, -0.15) is 0 Å². The number of hydrogen-bond acceptors (Lipinski definition) is 4. The molecule has 0 spiro atoms. The molecule has 0 aliphatic rings. The minimum absolute atomic E-state index is 0.240. The van der Waals surface area contributed by atoms with E-state index in [1.54, 1.807) is 37.5 Å². The highest BCUT2D eigenvalue weighted by molar-refractivity contribution is 6.02. The zero-order valence-electron chi connectivity index (χ0n) is 15.6. The van der Waals surface area contributed by atoms with Gasteiger partial charge in [0.1, 0.15) is 17.1 Å². The number of hydrogen-bond donors (Lipinski definition) is 2. The van der Waals surface area contributed by atoms with Gasteiger partial charge in [-0.1, -0.05) is 30.3 Å². The van der Waals surface area contributed by atoms with Crippen molar-refractivity contribution >= 4 is 16.8 Å². The van der Waals surface area contributed by atoms with Gasteiger partial charge in [-0.15, -0.1) is 6.58 Å². The summed E-state index contributed by atoms with van der Waals surface area (Å²) in [4.78, 5) is 25.5. The number of pyridine rings is 1. The highest BCUT2D eigenvalue weighted by atomic mass is 16.5. The van der Waals surface area contributed by atoms with E-state index in [-0.39, 0.29) is 17.9 Å². The Balaban J connectivity index is 1.87. The SMILES string of the molecule is C=CCn1c(=O)c(C(=O)NCCc2cccc(OC)c2)c(O)c2ccccc21. The largest absolute Gasteiger partial charge is 0.506 e. The summed E-state index contributed by atoms with van der Waals surface area (Å²) in [7, 11) is 1.59. The topological polar surface area (TPSA) is 80.6 Å². The summed E-state index contributed by atoms with van der Waals surface area (Å²) in [6.45, 7) is 4.22. The molecule has 0 aliphatic carbocycles. The van der Waals surface area contributed by atoms with E-state index in [0.717, 1.165) is 11.3 Å². The molecule has 3 rings (SSSR count). The number of benzene rings is 2. The third-order valence-electron chi connectivity index (χ3n) is 4.52. The standard InChI is InChI=1S/C22H22N2O4/c1-3-13-24-18-10-5-4-9-17(18)20(25)19(22(24)27)21(26)23-12-11-15-7-6-8-16(14-15)28-2/h3-10,14,25H,1,11-13H2,2H3,(H,23,26). The van der Waals surface area contributed by atoms with Gasteiger partial charge >= 0.3 is 0 Å². The number of amides is 1. The van der Waals surface area contributed by atoms with E-state index in [4.69, 9.17) is 4.74 Å². The fourth-order valence-corrected chi connectivity index (χ4v) is 3.14. The lowest BCUT2D eigenvalue weighted by Crippen LogP contribution is -2.34. The van der Waals surface area contributed by atoms with Crippen LogP contribution in [0, 0.1) is 0 Å². The second-order valence-electron chi connectivity index (χ2n) is 6.30. The molecule has 0 atom stereocenters. The summed E-state index contributed by atoms with van der Waals surface area (Å²) in [5.74, 6) is -0.169. The number of carbonyl (C=O) groups is 1. The van der Waals surface area contributed by atoms with Crippen LogP contribution in [0.3, 0.4) is 0 Å². The number of aromatic nitrogens is 1. The third-order valence-corrected chi connectivity index (χ3v) is 4.52. The predicted molar refractivity (Wildman–Crippen MR) is 109 cm³/mol. The summed E-state index contributed by atoms with van der Waals surface area (Å²) in [5, 5.41) is 13.7. The van der Waals surface area contributed by atoms with Gasteiger partial charge in [0.25, 0.3) is 11.5 Å². The number of nitrogens with zero attached hydrogens (tertiary/aromatic N) is 1. The Morgan fingerprint density at radius 3 is 2.79 bits per heavy atom. The van der Waals surface area contributed by atoms with E-state index in [9.17, 15) is 14.7 Å². The van der Waals surface area contributed by atoms with Crippen molar-refractivity contribution in [3.8, 4) is 11.5 Å². The van der Waals surface area contributed by atoms with Crippen molar-refractivity contribution in [3.05, 3.63) is 82.7 Å². The third kappa shape index (κ3) is 3.76. The van der Waals surface area contributed by atoms with Crippen molar-refractivity contribution in [1.29, 1.82) is 0 Å². The first kappa shape index (κ1) is 19.2. The van der Waals surface area contributed by atoms with Crippen LogP contribution < -0.4 is 15.6 Å². The molecule has 0 saturated heterocycles. The molecule has 28 heavy (non-hydrogen) atoms. The average Bonchev–Trinajstić information content (AvgIpc) is 2.71. The highest BCUT2D eigenvalue weighted by Crippen LogP contribution is 2.26. The quantitative estimate of drug-likeness (QED) is 0.620. The second kappa shape index (κ2) is 8.43. The molecule has 0 bridgehead atoms. The predicted octanol–water partition coefficient (Wildman–Crippen LogP) is 2.87. The van der Waals surface area contributed by atoms with Crippen LogP contribution in [0.2, 0.25) is 0 Å². The summed E-state index contributed by atoms with van der Waals surface area (Å²) in [6, 6.07) is 14.5. The molecule has 0 unspecified atom stereocenters. The zero-order chi connectivity index (χ0) is 20.1. The molecular weight excluding hydrogens is 356 g/mol. The van der Waals surface area contributed by atoms with Crippen LogP contribution in [0.4, 0.5) is 0 Å². The van der Waals surface area contributed by atoms with Crippen molar-refractivity contribution < 1.29 is 14.6 Å². The molecule has 2 N–H and O–H groups in total. The van der Waals surface area contributed by atoms with Gasteiger partial charge in [-0.25, -0.2) is 0 Å². The minimum Gasteiger partial charge on any atom is -0.506 e. The number of para-hydroxylation sites is 1. The molecule has 1 amide bonds. The van der Waals surface area contributed by atoms with Gasteiger partial charge in [0, 0.05) is 18.5 Å². The van der Waals surface area contributed by atoms with Crippen molar-refractivity contribution in [2.45, 2.75) is 13.0 Å². The van der Waals surface area contributed by atoms with E-state index in [1.807, 2.05) is 24.3 Å². The Morgan fingerprint density at radius 1 is 1.25 bits per heavy atom. The highest BCUT2D eigenvalue weighted by Gasteiger charge is 2.21. The molecule has 2 aromatic carbocycles. The number of allylic oxidation sites excluding steroid dienone is 1. The van der Waals surface area contributed by atoms with Crippen molar-refractivity contribution in [2.24, 2.45) is 0 Å². The molecule has 1 aromatic heterocycles. The summed E-state index contributed by atoms with van der Waals surface area (Å²) < 4.78 is 6.62. The Labute approximate surface area is 162 Å². The second-order valence-corrected chi connectivity index (χ2v) is 6.30. The number of carbonyl (C=O) groups excluding carboxylic acids is 1. The van der Waals surface area contributed by atoms with Gasteiger partial charge in [-0.05, 0) is 36.2 Å². The van der Waals surface area contributed by atoms with Gasteiger partial charge in [-0.3, -0.25) is 9.59 Å². The van der Waals surface area contributed by atoms with Crippen molar-refractivity contribution in [2.75, 3.05) is 13.7 Å². The molecular formula is C22H22N2O4. The fourth-order valence-electron chi connectivity index (χ4n) is 3.14. The van der Waals surface area contributed by atoms with Gasteiger partial charge < -0.3 is 19.7 Å². The Bertz CT molecular complexity index is 1090. The minimum atomic E-state index is -0.603.